The first-order valence-corrected chi connectivity index (χ1v) is 15.0. The van der Waals surface area contributed by atoms with Crippen molar-refractivity contribution < 1.29 is 19.1 Å². The van der Waals surface area contributed by atoms with Gasteiger partial charge in [-0.1, -0.05) is 36.4 Å². The molecular formula is C34H37N5O4. The minimum atomic E-state index is -0.554. The lowest BCUT2D eigenvalue weighted by molar-refractivity contribution is -0.140. The maximum atomic E-state index is 13.8. The number of ether oxygens (including phenoxy) is 1. The highest BCUT2D eigenvalue weighted by molar-refractivity contribution is 5.97. The molecule has 1 aliphatic carbocycles. The molecule has 2 aromatic heterocycles. The van der Waals surface area contributed by atoms with Crippen molar-refractivity contribution >= 4 is 34.4 Å². The first-order chi connectivity index (χ1) is 20.9. The van der Waals surface area contributed by atoms with Gasteiger partial charge in [-0.15, -0.1) is 0 Å². The third-order valence-electron chi connectivity index (χ3n) is 8.93. The summed E-state index contributed by atoms with van der Waals surface area (Å²) in [4.78, 5) is 47.9. The zero-order valence-corrected chi connectivity index (χ0v) is 24.1. The summed E-state index contributed by atoms with van der Waals surface area (Å²) < 4.78 is 6.43. The second-order valence-corrected chi connectivity index (χ2v) is 11.7. The van der Waals surface area contributed by atoms with Crippen LogP contribution in [0.5, 0.6) is 0 Å². The average Bonchev–Trinajstić information content (AvgIpc) is 3.64. The summed E-state index contributed by atoms with van der Waals surface area (Å²) in [5.74, 6) is -0.612. The maximum Gasteiger partial charge on any atom is 0.253 e. The van der Waals surface area contributed by atoms with Gasteiger partial charge in [0.05, 0.1) is 5.60 Å². The molecule has 6 rings (SSSR count). The molecule has 4 N–H and O–H groups in total. The number of primary amides is 1. The van der Waals surface area contributed by atoms with Crippen molar-refractivity contribution in [2.24, 2.45) is 5.73 Å². The number of anilines is 1. The fourth-order valence-electron chi connectivity index (χ4n) is 6.59. The lowest BCUT2D eigenvalue weighted by Gasteiger charge is -2.41. The van der Waals surface area contributed by atoms with E-state index in [0.29, 0.717) is 37.1 Å². The molecule has 2 fully saturated rings. The van der Waals surface area contributed by atoms with Gasteiger partial charge < -0.3 is 25.7 Å². The lowest BCUT2D eigenvalue weighted by Crippen LogP contribution is -2.46. The van der Waals surface area contributed by atoms with Crippen LogP contribution in [0.4, 0.5) is 5.69 Å². The summed E-state index contributed by atoms with van der Waals surface area (Å²) in [6.45, 7) is 0.572. The molecular weight excluding hydrogens is 542 g/mol. The van der Waals surface area contributed by atoms with Crippen molar-refractivity contribution in [2.75, 3.05) is 5.32 Å². The topological polar surface area (TPSA) is 130 Å². The largest absolute Gasteiger partial charge is 0.366 e. The van der Waals surface area contributed by atoms with E-state index in [1.807, 2.05) is 36.5 Å². The van der Waals surface area contributed by atoms with E-state index in [4.69, 9.17) is 10.5 Å². The second-order valence-electron chi connectivity index (χ2n) is 11.7. The van der Waals surface area contributed by atoms with Gasteiger partial charge in [-0.2, -0.15) is 0 Å². The first-order valence-electron chi connectivity index (χ1n) is 15.0. The number of aromatic amines is 1. The molecule has 2 aromatic carbocycles. The van der Waals surface area contributed by atoms with Gasteiger partial charge in [-0.3, -0.25) is 14.4 Å². The molecule has 4 aromatic rings. The molecule has 222 valence electrons. The molecule has 1 atom stereocenters. The molecule has 9 nitrogen and oxygen atoms in total. The van der Waals surface area contributed by atoms with Crippen LogP contribution in [0.25, 0.3) is 11.0 Å². The van der Waals surface area contributed by atoms with Gasteiger partial charge in [-0.05, 0) is 86.4 Å². The van der Waals surface area contributed by atoms with E-state index in [1.54, 1.807) is 30.5 Å². The van der Waals surface area contributed by atoms with Crippen LogP contribution in [0.3, 0.4) is 0 Å². The number of H-pyrrole nitrogens is 1. The van der Waals surface area contributed by atoms with E-state index in [-0.39, 0.29) is 23.5 Å². The Balaban J connectivity index is 1.09. The molecule has 3 amide bonds. The Morgan fingerprint density at radius 3 is 2.58 bits per heavy atom. The van der Waals surface area contributed by atoms with E-state index in [1.165, 1.54) is 0 Å². The molecule has 1 unspecified atom stereocenters. The van der Waals surface area contributed by atoms with Gasteiger partial charge in [0.2, 0.25) is 11.8 Å². The summed E-state index contributed by atoms with van der Waals surface area (Å²) >= 11 is 0. The number of amides is 3. The maximum absolute atomic E-state index is 13.8. The van der Waals surface area contributed by atoms with Crippen LogP contribution in [-0.4, -0.2) is 50.3 Å². The Hall–Kier alpha value is -4.50. The number of nitrogens with two attached hydrogens (primary N) is 1. The van der Waals surface area contributed by atoms with Crippen LogP contribution < -0.4 is 11.1 Å². The summed E-state index contributed by atoms with van der Waals surface area (Å²) in [6, 6.07) is 20.8. The Kier molecular flexibility index (Phi) is 8.24. The number of fused-ring (bicyclic) bond motifs is 1. The van der Waals surface area contributed by atoms with Gasteiger partial charge >= 0.3 is 0 Å². The zero-order valence-electron chi connectivity index (χ0n) is 24.1. The first kappa shape index (κ1) is 28.6. The molecule has 1 spiro atoms. The summed E-state index contributed by atoms with van der Waals surface area (Å²) in [7, 11) is 0. The van der Waals surface area contributed by atoms with Gasteiger partial charge in [0.1, 0.15) is 11.8 Å². The van der Waals surface area contributed by atoms with Crippen LogP contribution in [0.2, 0.25) is 0 Å². The number of pyridine rings is 1. The number of rotatable bonds is 9. The highest BCUT2D eigenvalue weighted by Gasteiger charge is 2.46. The Morgan fingerprint density at radius 1 is 1.00 bits per heavy atom. The minimum Gasteiger partial charge on any atom is -0.366 e. The minimum absolute atomic E-state index is 0.107. The number of benzene rings is 2. The van der Waals surface area contributed by atoms with Gasteiger partial charge in [0, 0.05) is 48.0 Å². The van der Waals surface area contributed by atoms with Crippen LogP contribution >= 0.6 is 0 Å². The highest BCUT2D eigenvalue weighted by atomic mass is 16.5. The quantitative estimate of drug-likeness (QED) is 0.253. The summed E-state index contributed by atoms with van der Waals surface area (Å²) in [5.41, 5.74) is 8.94. The van der Waals surface area contributed by atoms with Crippen molar-refractivity contribution in [1.29, 1.82) is 0 Å². The summed E-state index contributed by atoms with van der Waals surface area (Å²) in [6.07, 6.45) is 8.92. The number of nitrogens with one attached hydrogen (secondary N) is 2. The molecule has 2 aliphatic rings. The van der Waals surface area contributed by atoms with Crippen molar-refractivity contribution in [3.8, 4) is 0 Å². The van der Waals surface area contributed by atoms with Gasteiger partial charge in [0.15, 0.2) is 0 Å². The number of aryl methyl sites for hydroxylation is 1. The number of carbonyl (C=O) groups excluding carboxylic acids is 3. The van der Waals surface area contributed by atoms with Crippen molar-refractivity contribution in [2.45, 2.75) is 75.7 Å². The zero-order chi connectivity index (χ0) is 29.8. The molecule has 0 bridgehead atoms. The predicted molar refractivity (Wildman–Crippen MR) is 164 cm³/mol. The van der Waals surface area contributed by atoms with Crippen LogP contribution in [-0.2, 0) is 27.3 Å². The van der Waals surface area contributed by atoms with Gasteiger partial charge in [0.25, 0.3) is 5.91 Å². The second kappa shape index (κ2) is 12.4. The van der Waals surface area contributed by atoms with E-state index in [9.17, 15) is 14.4 Å². The van der Waals surface area contributed by atoms with Crippen molar-refractivity contribution in [3.05, 3.63) is 95.8 Å². The molecule has 43 heavy (non-hydrogen) atoms. The Labute approximate surface area is 250 Å². The average molecular weight is 580 g/mol. The van der Waals surface area contributed by atoms with E-state index in [2.05, 4.69) is 32.3 Å². The molecule has 1 saturated heterocycles. The molecule has 1 saturated carbocycles. The number of nitrogens with zero attached hydrogens (tertiary/aromatic N) is 2. The molecule has 9 heteroatoms. The van der Waals surface area contributed by atoms with Gasteiger partial charge in [-0.25, -0.2) is 4.98 Å². The standard InChI is InChI=1S/C34H37N5O4/c35-31(41)24-8-4-9-26(20-24)38-33(42)29-15-18-34(43-29)16-13-27(14-17-34)39(22-23-6-2-1-3-7-23)30(40)12-11-25-21-37-32-28(25)10-5-19-36-32/h1-10,19-21,27,29H,11-18,22H2,(H2,35,41)(H,36,37)(H,38,42). The van der Waals surface area contributed by atoms with Crippen molar-refractivity contribution in [3.63, 3.8) is 0 Å². The molecule has 3 heterocycles. The lowest BCUT2D eigenvalue weighted by atomic mass is 9.79. The van der Waals surface area contributed by atoms with E-state index >= 15 is 0 Å². The van der Waals surface area contributed by atoms with Crippen LogP contribution in [0, 0.1) is 0 Å². The third kappa shape index (κ3) is 6.46. The number of hydrogen-bond donors (Lipinski definition) is 3. The van der Waals surface area contributed by atoms with Crippen molar-refractivity contribution in [1.82, 2.24) is 14.9 Å². The fourth-order valence-corrected chi connectivity index (χ4v) is 6.59. The van der Waals surface area contributed by atoms with E-state index < -0.39 is 12.0 Å². The summed E-state index contributed by atoms with van der Waals surface area (Å²) in [5, 5.41) is 3.93. The number of aromatic nitrogens is 2. The fraction of sp³-hybridized carbons (Fsp3) is 0.353. The molecule has 0 radical (unpaired) electrons. The highest BCUT2D eigenvalue weighted by Crippen LogP contribution is 2.43. The van der Waals surface area contributed by atoms with Crippen LogP contribution in [0.1, 0.15) is 66.4 Å². The molecule has 1 aliphatic heterocycles. The van der Waals surface area contributed by atoms with Crippen LogP contribution in [0.15, 0.2) is 79.1 Å². The SMILES string of the molecule is NC(=O)c1cccc(NC(=O)C2CCC3(CCC(N(Cc4ccccc4)C(=O)CCc4c[nH]c5ncccc45)CC3)O2)c1. The Morgan fingerprint density at radius 2 is 1.79 bits per heavy atom. The number of hydrogen-bond acceptors (Lipinski definition) is 5. The smallest absolute Gasteiger partial charge is 0.253 e. The Bertz CT molecular complexity index is 1610. The predicted octanol–water partition coefficient (Wildman–Crippen LogP) is 5.12. The third-order valence-corrected chi connectivity index (χ3v) is 8.93. The van der Waals surface area contributed by atoms with E-state index in [0.717, 1.165) is 54.3 Å². The monoisotopic (exact) mass is 579 g/mol. The number of carbonyl (C=O) groups is 3. The normalized spacial score (nSPS) is 21.6.